The maximum atomic E-state index is 15.7. The van der Waals surface area contributed by atoms with Crippen LogP contribution in [0.15, 0.2) is 59.8 Å². The van der Waals surface area contributed by atoms with Crippen molar-refractivity contribution in [3.8, 4) is 5.82 Å². The Balaban J connectivity index is 1.40. The molecule has 0 bridgehead atoms. The normalized spacial score (nSPS) is 24.3. The van der Waals surface area contributed by atoms with Crippen molar-refractivity contribution >= 4 is 16.0 Å². The van der Waals surface area contributed by atoms with E-state index in [9.17, 15) is 8.42 Å². The molecule has 0 amide bonds. The Kier molecular flexibility index (Phi) is 5.19. The van der Waals surface area contributed by atoms with Gasteiger partial charge in [-0.1, -0.05) is 18.2 Å². The van der Waals surface area contributed by atoms with Crippen LogP contribution in [-0.4, -0.2) is 70.6 Å². The minimum absolute atomic E-state index is 0.0810. The molecule has 2 fully saturated rings. The lowest BCUT2D eigenvalue weighted by Crippen LogP contribution is -2.62. The second kappa shape index (κ2) is 7.91. The summed E-state index contributed by atoms with van der Waals surface area (Å²) in [6.45, 7) is 2.41. The molecule has 1 spiro atoms. The van der Waals surface area contributed by atoms with E-state index in [-0.39, 0.29) is 31.0 Å². The third-order valence-corrected chi connectivity index (χ3v) is 7.82. The van der Waals surface area contributed by atoms with Crippen LogP contribution >= 0.6 is 0 Å². The second-order valence-corrected chi connectivity index (χ2v) is 9.73. The average molecular weight is 459 g/mol. The first-order valence-corrected chi connectivity index (χ1v) is 11.8. The highest BCUT2D eigenvalue weighted by Crippen LogP contribution is 2.40. The van der Waals surface area contributed by atoms with Crippen LogP contribution in [0.5, 0.6) is 0 Å². The molecule has 5 rings (SSSR count). The van der Waals surface area contributed by atoms with Crippen LogP contribution in [0.3, 0.4) is 0 Å². The second-order valence-electron chi connectivity index (χ2n) is 7.86. The molecular weight excluding hydrogens is 435 g/mol. The molecule has 2 aliphatic rings. The first-order chi connectivity index (χ1) is 15.4. The van der Waals surface area contributed by atoms with Gasteiger partial charge in [0.2, 0.25) is 16.0 Å². The lowest BCUT2D eigenvalue weighted by molar-refractivity contribution is -0.116. The van der Waals surface area contributed by atoms with Crippen LogP contribution in [0, 0.1) is 6.92 Å². The number of aromatic nitrogens is 4. The monoisotopic (exact) mass is 458 g/mol. The predicted molar refractivity (Wildman–Crippen MR) is 115 cm³/mol. The van der Waals surface area contributed by atoms with Gasteiger partial charge in [-0.25, -0.2) is 22.5 Å². The van der Waals surface area contributed by atoms with Crippen LogP contribution in [0.2, 0.25) is 0 Å². The number of hydrogen-bond acceptors (Lipinski definition) is 7. The quantitative estimate of drug-likeness (QED) is 0.590. The number of sulfonamides is 1. The van der Waals surface area contributed by atoms with Crippen molar-refractivity contribution in [3.05, 3.63) is 60.6 Å². The van der Waals surface area contributed by atoms with E-state index >= 15 is 4.39 Å². The predicted octanol–water partition coefficient (Wildman–Crippen LogP) is 1.94. The molecule has 2 aromatic heterocycles. The largest absolute Gasteiger partial charge is 0.355 e. The van der Waals surface area contributed by atoms with Crippen molar-refractivity contribution in [2.24, 2.45) is 0 Å². The van der Waals surface area contributed by atoms with Gasteiger partial charge in [-0.15, -0.1) is 0 Å². The molecule has 9 nitrogen and oxygen atoms in total. The van der Waals surface area contributed by atoms with Crippen LogP contribution in [0.25, 0.3) is 5.82 Å². The summed E-state index contributed by atoms with van der Waals surface area (Å²) in [4.78, 5) is 10.7. The molecule has 0 N–H and O–H groups in total. The third kappa shape index (κ3) is 3.46. The van der Waals surface area contributed by atoms with Gasteiger partial charge in [0, 0.05) is 38.0 Å². The number of anilines is 1. The molecule has 2 atom stereocenters. The van der Waals surface area contributed by atoms with Gasteiger partial charge in [-0.2, -0.15) is 14.4 Å². The van der Waals surface area contributed by atoms with Crippen molar-refractivity contribution in [1.29, 1.82) is 0 Å². The molecule has 168 valence electrons. The zero-order valence-electron chi connectivity index (χ0n) is 17.5. The van der Waals surface area contributed by atoms with E-state index in [1.807, 2.05) is 13.0 Å². The van der Waals surface area contributed by atoms with Crippen molar-refractivity contribution < 1.29 is 17.5 Å². The fourth-order valence-corrected chi connectivity index (χ4v) is 6.01. The van der Waals surface area contributed by atoms with E-state index < -0.39 is 21.9 Å². The highest BCUT2D eigenvalue weighted by atomic mass is 32.2. The number of halogens is 1. The van der Waals surface area contributed by atoms with E-state index in [1.165, 1.54) is 16.4 Å². The minimum Gasteiger partial charge on any atom is -0.355 e. The Hall–Kier alpha value is -2.89. The van der Waals surface area contributed by atoms with E-state index in [4.69, 9.17) is 4.74 Å². The molecule has 3 aromatic rings. The fourth-order valence-electron chi connectivity index (χ4n) is 4.28. The summed E-state index contributed by atoms with van der Waals surface area (Å²) < 4.78 is 50.7. The Morgan fingerprint density at radius 3 is 2.69 bits per heavy atom. The zero-order valence-corrected chi connectivity index (χ0v) is 18.3. The number of nitrogens with zero attached hydrogens (tertiary/aromatic N) is 6. The van der Waals surface area contributed by atoms with Crippen LogP contribution in [0.4, 0.5) is 10.3 Å². The fraction of sp³-hybridized carbons (Fsp3) is 0.381. The highest BCUT2D eigenvalue weighted by Gasteiger charge is 2.57. The number of hydrogen-bond donors (Lipinski definition) is 0. The van der Waals surface area contributed by atoms with Gasteiger partial charge in [0.05, 0.1) is 23.7 Å². The van der Waals surface area contributed by atoms with Crippen molar-refractivity contribution in [2.75, 3.05) is 31.1 Å². The summed E-state index contributed by atoms with van der Waals surface area (Å²) in [7, 11) is -3.90. The van der Waals surface area contributed by atoms with Gasteiger partial charge in [0.25, 0.3) is 0 Å². The van der Waals surface area contributed by atoms with Crippen LogP contribution in [-0.2, 0) is 14.8 Å². The Labute approximate surface area is 185 Å². The van der Waals surface area contributed by atoms with Crippen molar-refractivity contribution in [1.82, 2.24) is 24.1 Å². The Bertz CT molecular complexity index is 1220. The standard InChI is InChI=1S/C21H23FN6O3S/c1-16-8-11-27(25-16)19-7-10-23-20(24-19)26-12-9-21(18(22)15-26)28(13-14-31-21)32(29,30)17-5-3-2-4-6-17/h2-8,10-11,18H,9,12-15H2,1H3. The Morgan fingerprint density at radius 2 is 1.97 bits per heavy atom. The van der Waals surface area contributed by atoms with Gasteiger partial charge < -0.3 is 9.64 Å². The summed E-state index contributed by atoms with van der Waals surface area (Å²) >= 11 is 0. The van der Waals surface area contributed by atoms with Crippen molar-refractivity contribution in [2.45, 2.75) is 30.1 Å². The topological polar surface area (TPSA) is 93.5 Å². The average Bonchev–Trinajstić information content (AvgIpc) is 3.44. The molecule has 0 saturated carbocycles. The molecule has 2 unspecified atom stereocenters. The molecule has 2 saturated heterocycles. The zero-order chi connectivity index (χ0) is 22.3. The molecule has 32 heavy (non-hydrogen) atoms. The van der Waals surface area contributed by atoms with Gasteiger partial charge in [0.15, 0.2) is 17.7 Å². The van der Waals surface area contributed by atoms with Crippen molar-refractivity contribution in [3.63, 3.8) is 0 Å². The first kappa shape index (κ1) is 21.0. The summed E-state index contributed by atoms with van der Waals surface area (Å²) in [5, 5.41) is 4.35. The van der Waals surface area contributed by atoms with Gasteiger partial charge in [0.1, 0.15) is 0 Å². The SMILES string of the molecule is Cc1ccn(-c2ccnc(N3CCC4(OCCN4S(=O)(=O)c4ccccc4)C(F)C3)n2)n1. The molecule has 0 radical (unpaired) electrons. The van der Waals surface area contributed by atoms with E-state index in [0.29, 0.717) is 18.3 Å². The number of benzene rings is 1. The molecule has 1 aromatic carbocycles. The number of rotatable bonds is 4. The molecule has 2 aliphatic heterocycles. The van der Waals surface area contributed by atoms with E-state index in [1.54, 1.807) is 46.2 Å². The summed E-state index contributed by atoms with van der Waals surface area (Å²) in [5.41, 5.74) is -0.672. The minimum atomic E-state index is -3.90. The van der Waals surface area contributed by atoms with E-state index in [0.717, 1.165) is 5.69 Å². The summed E-state index contributed by atoms with van der Waals surface area (Å²) in [6, 6.07) is 11.7. The van der Waals surface area contributed by atoms with Gasteiger partial charge in [-0.3, -0.25) is 0 Å². The molecular formula is C21H23FN6O3S. The van der Waals surface area contributed by atoms with E-state index in [2.05, 4.69) is 15.1 Å². The molecule has 4 heterocycles. The molecule has 11 heteroatoms. The van der Waals surface area contributed by atoms with Gasteiger partial charge in [-0.05, 0) is 25.1 Å². The maximum absolute atomic E-state index is 15.7. The summed E-state index contributed by atoms with van der Waals surface area (Å²) in [6.07, 6.45) is 1.99. The molecule has 0 aliphatic carbocycles. The smallest absolute Gasteiger partial charge is 0.245 e. The number of piperidine rings is 1. The number of ether oxygens (including phenoxy) is 1. The third-order valence-electron chi connectivity index (χ3n) is 5.88. The number of aryl methyl sites for hydroxylation is 1. The maximum Gasteiger partial charge on any atom is 0.245 e. The summed E-state index contributed by atoms with van der Waals surface area (Å²) in [5.74, 6) is 0.938. The Morgan fingerprint density at radius 1 is 1.16 bits per heavy atom. The van der Waals surface area contributed by atoms with Crippen LogP contribution < -0.4 is 4.90 Å². The van der Waals surface area contributed by atoms with Gasteiger partial charge >= 0.3 is 0 Å². The first-order valence-electron chi connectivity index (χ1n) is 10.4. The lowest BCUT2D eigenvalue weighted by Gasteiger charge is -2.44. The highest BCUT2D eigenvalue weighted by molar-refractivity contribution is 7.89. The number of alkyl halides is 1. The van der Waals surface area contributed by atoms with Crippen LogP contribution in [0.1, 0.15) is 12.1 Å². The lowest BCUT2D eigenvalue weighted by atomic mass is 9.99.